The standard InChI is InChI=1S/C19H21N5O3S/c1-26-14-8-9-15(16(10-14)27-2)21-17(25)11-24-18(20)22-23-19(24)28-12-13-6-4-3-5-7-13/h3-10H,11-12H2,1-2H3,(H2,20,22)(H,21,25). The van der Waals surface area contributed by atoms with Gasteiger partial charge in [0.25, 0.3) is 0 Å². The monoisotopic (exact) mass is 399 g/mol. The van der Waals surface area contributed by atoms with Gasteiger partial charge in [0.15, 0.2) is 5.16 Å². The Balaban J connectivity index is 1.68. The van der Waals surface area contributed by atoms with Crippen LogP contribution in [0.2, 0.25) is 0 Å². The van der Waals surface area contributed by atoms with E-state index in [-0.39, 0.29) is 18.4 Å². The van der Waals surface area contributed by atoms with Crippen LogP contribution in [-0.2, 0) is 17.1 Å². The number of nitrogens with one attached hydrogen (secondary N) is 1. The second-order valence-corrected chi connectivity index (χ2v) is 6.76. The molecule has 8 nitrogen and oxygen atoms in total. The Kier molecular flexibility index (Phi) is 6.38. The van der Waals surface area contributed by atoms with Crippen molar-refractivity contribution >= 4 is 29.3 Å². The number of carbonyl (C=O) groups is 1. The summed E-state index contributed by atoms with van der Waals surface area (Å²) < 4.78 is 12.1. The fourth-order valence-electron chi connectivity index (χ4n) is 2.51. The second kappa shape index (κ2) is 9.14. The third-order valence-corrected chi connectivity index (χ3v) is 4.98. The van der Waals surface area contributed by atoms with E-state index in [1.807, 2.05) is 30.3 Å². The molecule has 1 heterocycles. The number of methoxy groups -OCH3 is 2. The highest BCUT2D eigenvalue weighted by molar-refractivity contribution is 7.98. The summed E-state index contributed by atoms with van der Waals surface area (Å²) in [4.78, 5) is 12.5. The Morgan fingerprint density at radius 2 is 1.93 bits per heavy atom. The highest BCUT2D eigenvalue weighted by Gasteiger charge is 2.15. The van der Waals surface area contributed by atoms with Crippen LogP contribution in [0.1, 0.15) is 5.56 Å². The number of benzene rings is 2. The van der Waals surface area contributed by atoms with Gasteiger partial charge in [0.2, 0.25) is 11.9 Å². The van der Waals surface area contributed by atoms with Crippen LogP contribution in [-0.4, -0.2) is 34.9 Å². The summed E-state index contributed by atoms with van der Waals surface area (Å²) in [5.74, 6) is 1.76. The summed E-state index contributed by atoms with van der Waals surface area (Å²) in [5, 5.41) is 11.4. The molecular weight excluding hydrogens is 378 g/mol. The first-order chi connectivity index (χ1) is 13.6. The second-order valence-electron chi connectivity index (χ2n) is 5.82. The lowest BCUT2D eigenvalue weighted by atomic mass is 10.2. The number of ether oxygens (including phenoxy) is 2. The maximum absolute atomic E-state index is 12.5. The van der Waals surface area contributed by atoms with E-state index in [0.717, 1.165) is 5.56 Å². The number of hydrogen-bond donors (Lipinski definition) is 2. The SMILES string of the molecule is COc1ccc(NC(=O)Cn2c(N)nnc2SCc2ccccc2)c(OC)c1. The maximum atomic E-state index is 12.5. The fraction of sp³-hybridized carbons (Fsp3) is 0.211. The summed E-state index contributed by atoms with van der Waals surface area (Å²) in [5.41, 5.74) is 7.59. The molecule has 0 aliphatic heterocycles. The van der Waals surface area contributed by atoms with Gasteiger partial charge in [-0.2, -0.15) is 0 Å². The van der Waals surface area contributed by atoms with Crippen molar-refractivity contribution in [3.63, 3.8) is 0 Å². The number of carbonyl (C=O) groups excluding carboxylic acids is 1. The maximum Gasteiger partial charge on any atom is 0.244 e. The zero-order valence-electron chi connectivity index (χ0n) is 15.6. The summed E-state index contributed by atoms with van der Waals surface area (Å²) in [6.45, 7) is -0.00879. The average molecular weight is 399 g/mol. The number of amides is 1. The highest BCUT2D eigenvalue weighted by atomic mass is 32.2. The molecule has 0 aliphatic carbocycles. The average Bonchev–Trinajstić information content (AvgIpc) is 3.06. The molecule has 0 unspecified atom stereocenters. The van der Waals surface area contributed by atoms with E-state index in [9.17, 15) is 4.79 Å². The van der Waals surface area contributed by atoms with Crippen LogP contribution < -0.4 is 20.5 Å². The predicted octanol–water partition coefficient (Wildman–Crippen LogP) is 2.81. The number of aromatic nitrogens is 3. The summed E-state index contributed by atoms with van der Waals surface area (Å²) >= 11 is 1.47. The molecule has 1 aromatic heterocycles. The molecular formula is C19H21N5O3S. The van der Waals surface area contributed by atoms with Crippen molar-refractivity contribution in [3.05, 3.63) is 54.1 Å². The van der Waals surface area contributed by atoms with Crippen LogP contribution >= 0.6 is 11.8 Å². The van der Waals surface area contributed by atoms with Crippen molar-refractivity contribution in [3.8, 4) is 11.5 Å². The first-order valence-electron chi connectivity index (χ1n) is 8.48. The Morgan fingerprint density at radius 3 is 2.64 bits per heavy atom. The van der Waals surface area contributed by atoms with Gasteiger partial charge in [-0.05, 0) is 17.7 Å². The number of anilines is 2. The first-order valence-corrected chi connectivity index (χ1v) is 9.46. The first kappa shape index (κ1) is 19.6. The number of nitrogen functional groups attached to an aromatic ring is 1. The molecule has 0 atom stereocenters. The van der Waals surface area contributed by atoms with Gasteiger partial charge in [-0.1, -0.05) is 42.1 Å². The molecule has 9 heteroatoms. The van der Waals surface area contributed by atoms with E-state index >= 15 is 0 Å². The van der Waals surface area contributed by atoms with Gasteiger partial charge in [0.1, 0.15) is 18.0 Å². The van der Waals surface area contributed by atoms with E-state index < -0.39 is 0 Å². The summed E-state index contributed by atoms with van der Waals surface area (Å²) in [6, 6.07) is 15.1. The van der Waals surface area contributed by atoms with Gasteiger partial charge in [-0.3, -0.25) is 9.36 Å². The van der Waals surface area contributed by atoms with Crippen LogP contribution in [0.3, 0.4) is 0 Å². The molecule has 0 saturated carbocycles. The van der Waals surface area contributed by atoms with Gasteiger partial charge in [0, 0.05) is 11.8 Å². The summed E-state index contributed by atoms with van der Waals surface area (Å²) in [7, 11) is 3.09. The topological polar surface area (TPSA) is 104 Å². The Bertz CT molecular complexity index is 946. The van der Waals surface area contributed by atoms with Crippen molar-refractivity contribution in [1.82, 2.24) is 14.8 Å². The number of hydrogen-bond acceptors (Lipinski definition) is 7. The van der Waals surface area contributed by atoms with Crippen LogP contribution in [0.25, 0.3) is 0 Å². The molecule has 1 amide bonds. The molecule has 0 aliphatic rings. The molecule has 0 fully saturated rings. The molecule has 3 rings (SSSR count). The van der Waals surface area contributed by atoms with E-state index in [1.165, 1.54) is 18.9 Å². The van der Waals surface area contributed by atoms with Crippen LogP contribution in [0.15, 0.2) is 53.7 Å². The molecule has 0 saturated heterocycles. The largest absolute Gasteiger partial charge is 0.497 e. The third-order valence-electron chi connectivity index (χ3n) is 3.94. The molecule has 0 radical (unpaired) electrons. The lowest BCUT2D eigenvalue weighted by molar-refractivity contribution is -0.116. The normalized spacial score (nSPS) is 10.5. The number of nitrogens with zero attached hydrogens (tertiary/aromatic N) is 3. The van der Waals surface area contributed by atoms with E-state index in [0.29, 0.717) is 28.1 Å². The van der Waals surface area contributed by atoms with Gasteiger partial charge in [0.05, 0.1) is 19.9 Å². The van der Waals surface area contributed by atoms with Gasteiger partial charge >= 0.3 is 0 Å². The molecule has 3 aromatic rings. The summed E-state index contributed by atoms with van der Waals surface area (Å²) in [6.07, 6.45) is 0. The number of rotatable bonds is 8. The van der Waals surface area contributed by atoms with Crippen molar-refractivity contribution in [2.75, 3.05) is 25.3 Å². The van der Waals surface area contributed by atoms with E-state index in [4.69, 9.17) is 15.2 Å². The molecule has 146 valence electrons. The number of nitrogens with two attached hydrogens (primary N) is 1. The molecule has 0 spiro atoms. The lowest BCUT2D eigenvalue weighted by Crippen LogP contribution is -2.20. The van der Waals surface area contributed by atoms with Gasteiger partial charge in [-0.15, -0.1) is 10.2 Å². The lowest BCUT2D eigenvalue weighted by Gasteiger charge is -2.13. The minimum absolute atomic E-state index is 0.00879. The smallest absolute Gasteiger partial charge is 0.244 e. The minimum Gasteiger partial charge on any atom is -0.497 e. The fourth-order valence-corrected chi connectivity index (χ4v) is 3.41. The molecule has 28 heavy (non-hydrogen) atoms. The molecule has 3 N–H and O–H groups in total. The molecule has 0 bridgehead atoms. The van der Waals surface area contributed by atoms with Crippen molar-refractivity contribution in [2.24, 2.45) is 0 Å². The Morgan fingerprint density at radius 1 is 1.14 bits per heavy atom. The molecule has 2 aromatic carbocycles. The van der Waals surface area contributed by atoms with Crippen LogP contribution in [0.4, 0.5) is 11.6 Å². The Hall–Kier alpha value is -3.20. The number of thioether (sulfide) groups is 1. The zero-order valence-corrected chi connectivity index (χ0v) is 16.4. The van der Waals surface area contributed by atoms with Crippen LogP contribution in [0, 0.1) is 0 Å². The minimum atomic E-state index is -0.267. The highest BCUT2D eigenvalue weighted by Crippen LogP contribution is 2.29. The van der Waals surface area contributed by atoms with Crippen LogP contribution in [0.5, 0.6) is 11.5 Å². The van der Waals surface area contributed by atoms with Crippen molar-refractivity contribution in [2.45, 2.75) is 17.5 Å². The predicted molar refractivity (Wildman–Crippen MR) is 109 cm³/mol. The van der Waals surface area contributed by atoms with Gasteiger partial charge < -0.3 is 20.5 Å². The zero-order chi connectivity index (χ0) is 19.9. The van der Waals surface area contributed by atoms with E-state index in [2.05, 4.69) is 15.5 Å². The van der Waals surface area contributed by atoms with Gasteiger partial charge in [-0.25, -0.2) is 0 Å². The Labute approximate surface area is 167 Å². The third kappa shape index (κ3) is 4.74. The van der Waals surface area contributed by atoms with Crippen molar-refractivity contribution < 1.29 is 14.3 Å². The van der Waals surface area contributed by atoms with Crippen molar-refractivity contribution in [1.29, 1.82) is 0 Å². The quantitative estimate of drug-likeness (QED) is 0.561. The van der Waals surface area contributed by atoms with E-state index in [1.54, 1.807) is 29.9 Å².